The quantitative estimate of drug-likeness (QED) is 0.762. The monoisotopic (exact) mass is 184 g/mol. The number of nitrogens with zero attached hydrogens (tertiary/aromatic N) is 1. The van der Waals surface area contributed by atoms with Crippen LogP contribution in [0.4, 0.5) is 0 Å². The second-order valence-corrected chi connectivity index (χ2v) is 3.07. The van der Waals surface area contributed by atoms with Crippen molar-refractivity contribution in [2.45, 2.75) is 25.3 Å². The molecule has 0 atom stereocenters. The van der Waals surface area contributed by atoms with Crippen LogP contribution in [0.3, 0.4) is 0 Å². The van der Waals surface area contributed by atoms with Gasteiger partial charge in [0.15, 0.2) is 0 Å². The van der Waals surface area contributed by atoms with Crippen LogP contribution in [0, 0.1) is 0 Å². The molecular weight excluding hydrogens is 172 g/mol. The Balaban J connectivity index is 0.000000720. The molecule has 1 aromatic heterocycles. The standard InChI is InChI=1S/C9H12N2.ClH/c10-5-7-1-4-9(11-6-7)8-2-3-8;/h1,4,6,8H,2-3,5,10H2;1H. The zero-order valence-corrected chi connectivity index (χ0v) is 7.68. The molecule has 0 unspecified atom stereocenters. The van der Waals surface area contributed by atoms with Crippen LogP contribution in [0.15, 0.2) is 18.3 Å². The van der Waals surface area contributed by atoms with E-state index in [0.29, 0.717) is 6.54 Å². The molecule has 0 radical (unpaired) electrons. The maximum atomic E-state index is 5.45. The Hall–Kier alpha value is -0.600. The second-order valence-electron chi connectivity index (χ2n) is 3.07. The maximum Gasteiger partial charge on any atom is 0.0434 e. The molecule has 1 aliphatic rings. The zero-order chi connectivity index (χ0) is 7.68. The summed E-state index contributed by atoms with van der Waals surface area (Å²) in [6.07, 6.45) is 4.51. The minimum Gasteiger partial charge on any atom is -0.326 e. The molecule has 1 saturated carbocycles. The van der Waals surface area contributed by atoms with E-state index in [0.717, 1.165) is 11.5 Å². The molecule has 2 rings (SSSR count). The molecule has 1 heterocycles. The van der Waals surface area contributed by atoms with Gasteiger partial charge in [0, 0.05) is 24.4 Å². The van der Waals surface area contributed by atoms with E-state index in [1.807, 2.05) is 6.20 Å². The van der Waals surface area contributed by atoms with Crippen molar-refractivity contribution >= 4 is 12.4 Å². The molecule has 0 amide bonds. The fourth-order valence-corrected chi connectivity index (χ4v) is 1.18. The van der Waals surface area contributed by atoms with Crippen molar-refractivity contribution in [3.8, 4) is 0 Å². The van der Waals surface area contributed by atoms with Crippen LogP contribution in [0.25, 0.3) is 0 Å². The molecule has 2 nitrogen and oxygen atoms in total. The third-order valence-corrected chi connectivity index (χ3v) is 2.08. The van der Waals surface area contributed by atoms with Gasteiger partial charge >= 0.3 is 0 Å². The van der Waals surface area contributed by atoms with Gasteiger partial charge in [0.1, 0.15) is 0 Å². The predicted molar refractivity (Wildman–Crippen MR) is 51.4 cm³/mol. The highest BCUT2D eigenvalue weighted by Gasteiger charge is 2.24. The first kappa shape index (κ1) is 9.49. The second kappa shape index (κ2) is 3.87. The Labute approximate surface area is 78.6 Å². The molecule has 0 saturated heterocycles. The lowest BCUT2D eigenvalue weighted by Gasteiger charge is -1.97. The summed E-state index contributed by atoms with van der Waals surface area (Å²) in [7, 11) is 0. The van der Waals surface area contributed by atoms with E-state index >= 15 is 0 Å². The van der Waals surface area contributed by atoms with Gasteiger partial charge in [0.2, 0.25) is 0 Å². The van der Waals surface area contributed by atoms with E-state index in [1.165, 1.54) is 18.5 Å². The van der Waals surface area contributed by atoms with Gasteiger partial charge in [0.25, 0.3) is 0 Å². The summed E-state index contributed by atoms with van der Waals surface area (Å²) in [5.74, 6) is 0.752. The van der Waals surface area contributed by atoms with Crippen LogP contribution in [0.5, 0.6) is 0 Å². The Bertz CT molecular complexity index is 241. The summed E-state index contributed by atoms with van der Waals surface area (Å²) >= 11 is 0. The lowest BCUT2D eigenvalue weighted by Crippen LogP contribution is -1.97. The Morgan fingerprint density at radius 2 is 2.17 bits per heavy atom. The third-order valence-electron chi connectivity index (χ3n) is 2.08. The van der Waals surface area contributed by atoms with E-state index in [4.69, 9.17) is 5.73 Å². The average Bonchev–Trinajstić information content (AvgIpc) is 2.87. The zero-order valence-electron chi connectivity index (χ0n) is 6.86. The van der Waals surface area contributed by atoms with E-state index in [9.17, 15) is 0 Å². The van der Waals surface area contributed by atoms with Gasteiger partial charge < -0.3 is 5.73 Å². The number of pyridine rings is 1. The largest absolute Gasteiger partial charge is 0.326 e. The number of hydrogen-bond donors (Lipinski definition) is 1. The van der Waals surface area contributed by atoms with Crippen LogP contribution < -0.4 is 5.73 Å². The smallest absolute Gasteiger partial charge is 0.0434 e. The topological polar surface area (TPSA) is 38.9 Å². The van der Waals surface area contributed by atoms with Gasteiger partial charge in [-0.05, 0) is 24.5 Å². The number of halogens is 1. The first-order chi connectivity index (χ1) is 5.40. The van der Waals surface area contributed by atoms with E-state index in [1.54, 1.807) is 0 Å². The molecule has 0 spiro atoms. The Morgan fingerprint density at radius 1 is 1.42 bits per heavy atom. The van der Waals surface area contributed by atoms with Crippen LogP contribution in [-0.4, -0.2) is 4.98 Å². The van der Waals surface area contributed by atoms with Gasteiger partial charge in [-0.1, -0.05) is 6.07 Å². The van der Waals surface area contributed by atoms with Crippen molar-refractivity contribution in [1.82, 2.24) is 4.98 Å². The van der Waals surface area contributed by atoms with Gasteiger partial charge in [-0.2, -0.15) is 0 Å². The van der Waals surface area contributed by atoms with E-state index in [-0.39, 0.29) is 12.4 Å². The highest BCUT2D eigenvalue weighted by Crippen LogP contribution is 2.38. The molecule has 3 heteroatoms. The lowest BCUT2D eigenvalue weighted by molar-refractivity contribution is 0.981. The predicted octanol–water partition coefficient (Wildman–Crippen LogP) is 1.84. The summed E-state index contributed by atoms with van der Waals surface area (Å²) < 4.78 is 0. The molecule has 0 bridgehead atoms. The third kappa shape index (κ3) is 1.96. The first-order valence-corrected chi connectivity index (χ1v) is 4.05. The van der Waals surface area contributed by atoms with Crippen molar-refractivity contribution in [2.24, 2.45) is 5.73 Å². The first-order valence-electron chi connectivity index (χ1n) is 4.05. The fraction of sp³-hybridized carbons (Fsp3) is 0.444. The molecule has 0 aromatic carbocycles. The van der Waals surface area contributed by atoms with Crippen molar-refractivity contribution in [3.05, 3.63) is 29.6 Å². The molecular formula is C9H13ClN2. The van der Waals surface area contributed by atoms with Gasteiger partial charge in [-0.15, -0.1) is 12.4 Å². The van der Waals surface area contributed by atoms with Crippen LogP contribution in [0.1, 0.15) is 30.0 Å². The van der Waals surface area contributed by atoms with Crippen molar-refractivity contribution in [1.29, 1.82) is 0 Å². The van der Waals surface area contributed by atoms with Gasteiger partial charge in [-0.3, -0.25) is 4.98 Å². The molecule has 1 fully saturated rings. The normalized spacial score (nSPS) is 15.4. The number of hydrogen-bond acceptors (Lipinski definition) is 2. The molecule has 12 heavy (non-hydrogen) atoms. The Kier molecular flexibility index (Phi) is 3.06. The molecule has 66 valence electrons. The van der Waals surface area contributed by atoms with Crippen molar-refractivity contribution in [3.63, 3.8) is 0 Å². The summed E-state index contributed by atoms with van der Waals surface area (Å²) in [4.78, 5) is 4.33. The molecule has 1 aromatic rings. The van der Waals surface area contributed by atoms with E-state index < -0.39 is 0 Å². The minimum atomic E-state index is 0. The summed E-state index contributed by atoms with van der Waals surface area (Å²) in [6.45, 7) is 0.595. The Morgan fingerprint density at radius 3 is 2.58 bits per heavy atom. The lowest BCUT2D eigenvalue weighted by atomic mass is 10.2. The van der Waals surface area contributed by atoms with Gasteiger partial charge in [0.05, 0.1) is 0 Å². The van der Waals surface area contributed by atoms with Crippen LogP contribution >= 0.6 is 12.4 Å². The average molecular weight is 185 g/mol. The maximum absolute atomic E-state index is 5.45. The van der Waals surface area contributed by atoms with Crippen molar-refractivity contribution < 1.29 is 0 Å². The van der Waals surface area contributed by atoms with Crippen LogP contribution in [0.2, 0.25) is 0 Å². The number of rotatable bonds is 2. The fourth-order valence-electron chi connectivity index (χ4n) is 1.18. The minimum absolute atomic E-state index is 0. The van der Waals surface area contributed by atoms with Gasteiger partial charge in [-0.25, -0.2) is 0 Å². The highest BCUT2D eigenvalue weighted by molar-refractivity contribution is 5.85. The SMILES string of the molecule is Cl.NCc1ccc(C2CC2)nc1. The molecule has 1 aliphatic carbocycles. The summed E-state index contributed by atoms with van der Waals surface area (Å²) in [5.41, 5.74) is 7.81. The molecule has 2 N–H and O–H groups in total. The summed E-state index contributed by atoms with van der Waals surface area (Å²) in [6, 6.07) is 4.17. The summed E-state index contributed by atoms with van der Waals surface area (Å²) in [5, 5.41) is 0. The van der Waals surface area contributed by atoms with Crippen molar-refractivity contribution in [2.75, 3.05) is 0 Å². The highest BCUT2D eigenvalue weighted by atomic mass is 35.5. The molecule has 0 aliphatic heterocycles. The number of nitrogens with two attached hydrogens (primary N) is 1. The number of aromatic nitrogens is 1. The van der Waals surface area contributed by atoms with E-state index in [2.05, 4.69) is 17.1 Å². The van der Waals surface area contributed by atoms with Crippen LogP contribution in [-0.2, 0) is 6.54 Å².